The van der Waals surface area contributed by atoms with Crippen LogP contribution in [0, 0.1) is 5.82 Å². The summed E-state index contributed by atoms with van der Waals surface area (Å²) in [6.07, 6.45) is 2.04. The summed E-state index contributed by atoms with van der Waals surface area (Å²) < 4.78 is 13.8. The van der Waals surface area contributed by atoms with Crippen LogP contribution in [0.4, 0.5) is 4.39 Å². The first kappa shape index (κ1) is 20.4. The van der Waals surface area contributed by atoms with Gasteiger partial charge in [-0.3, -0.25) is 9.59 Å². The van der Waals surface area contributed by atoms with Crippen molar-refractivity contribution >= 4 is 23.6 Å². The molecule has 6 heteroatoms. The van der Waals surface area contributed by atoms with Gasteiger partial charge in [-0.25, -0.2) is 4.39 Å². The van der Waals surface area contributed by atoms with Crippen LogP contribution in [0.1, 0.15) is 24.5 Å². The zero-order valence-electron chi connectivity index (χ0n) is 15.9. The Hall–Kier alpha value is -2.34. The van der Waals surface area contributed by atoms with Crippen LogP contribution in [0.5, 0.6) is 0 Å². The lowest BCUT2D eigenvalue weighted by Crippen LogP contribution is -2.55. The Bertz CT molecular complexity index is 815. The summed E-state index contributed by atoms with van der Waals surface area (Å²) in [5.41, 5.74) is 1.76. The van der Waals surface area contributed by atoms with Gasteiger partial charge in [-0.05, 0) is 43.4 Å². The minimum absolute atomic E-state index is 0.0192. The molecule has 3 rings (SSSR count). The van der Waals surface area contributed by atoms with E-state index in [1.54, 1.807) is 18.2 Å². The number of carbonyl (C=O) groups is 2. The number of aryl methyl sites for hydroxylation is 1. The van der Waals surface area contributed by atoms with E-state index in [0.717, 1.165) is 12.8 Å². The summed E-state index contributed by atoms with van der Waals surface area (Å²) in [5, 5.41) is 5.40. The lowest BCUT2D eigenvalue weighted by atomic mass is 10.1. The first-order valence-electron chi connectivity index (χ1n) is 9.52. The maximum absolute atomic E-state index is 13.8. The van der Waals surface area contributed by atoms with Gasteiger partial charge in [-0.1, -0.05) is 48.5 Å². The molecular formula is C22H25FN2O2S. The molecule has 3 atom stereocenters. The van der Waals surface area contributed by atoms with Crippen molar-refractivity contribution in [1.82, 2.24) is 10.6 Å². The van der Waals surface area contributed by atoms with E-state index in [1.165, 1.54) is 23.4 Å². The average molecular weight is 401 g/mol. The van der Waals surface area contributed by atoms with E-state index >= 15 is 0 Å². The lowest BCUT2D eigenvalue weighted by molar-refractivity contribution is -0.129. The normalized spacial score (nSPS) is 20.3. The first-order valence-corrected chi connectivity index (χ1v) is 10.6. The molecular weight excluding hydrogens is 375 g/mol. The Morgan fingerprint density at radius 1 is 1.21 bits per heavy atom. The van der Waals surface area contributed by atoms with Crippen LogP contribution in [0.15, 0.2) is 54.6 Å². The van der Waals surface area contributed by atoms with Gasteiger partial charge in [0.15, 0.2) is 0 Å². The third kappa shape index (κ3) is 5.58. The molecule has 1 aliphatic rings. The topological polar surface area (TPSA) is 58.2 Å². The molecule has 2 aromatic rings. The van der Waals surface area contributed by atoms with Gasteiger partial charge in [0, 0.05) is 11.8 Å². The molecule has 1 fully saturated rings. The average Bonchev–Trinajstić information content (AvgIpc) is 2.70. The Labute approximate surface area is 169 Å². The fraction of sp³-hybridized carbons (Fsp3) is 0.364. The number of rotatable bonds is 7. The van der Waals surface area contributed by atoms with Crippen LogP contribution in [-0.4, -0.2) is 34.9 Å². The van der Waals surface area contributed by atoms with E-state index in [0.29, 0.717) is 17.7 Å². The molecule has 0 aliphatic carbocycles. The largest absolute Gasteiger partial charge is 0.352 e. The van der Waals surface area contributed by atoms with Gasteiger partial charge in [-0.2, -0.15) is 0 Å². The fourth-order valence-corrected chi connectivity index (χ4v) is 4.37. The number of amides is 2. The Morgan fingerprint density at radius 2 is 1.93 bits per heavy atom. The predicted octanol–water partition coefficient (Wildman–Crippen LogP) is 3.11. The smallest absolute Gasteiger partial charge is 0.243 e. The van der Waals surface area contributed by atoms with Gasteiger partial charge in [0.2, 0.25) is 11.8 Å². The van der Waals surface area contributed by atoms with Crippen molar-refractivity contribution in [1.29, 1.82) is 0 Å². The van der Waals surface area contributed by atoms with Crippen molar-refractivity contribution in [3.8, 4) is 0 Å². The summed E-state index contributed by atoms with van der Waals surface area (Å²) >= 11 is 1.41. The summed E-state index contributed by atoms with van der Waals surface area (Å²) in [7, 11) is 0. The van der Waals surface area contributed by atoms with Gasteiger partial charge in [-0.15, -0.1) is 11.8 Å². The molecule has 0 bridgehead atoms. The van der Waals surface area contributed by atoms with Gasteiger partial charge in [0.1, 0.15) is 11.9 Å². The summed E-state index contributed by atoms with van der Waals surface area (Å²) in [5.74, 6) is -0.187. The molecule has 0 unspecified atom stereocenters. The fourth-order valence-electron chi connectivity index (χ4n) is 3.19. The van der Waals surface area contributed by atoms with E-state index in [4.69, 9.17) is 0 Å². The molecule has 1 heterocycles. The van der Waals surface area contributed by atoms with Crippen molar-refractivity contribution in [3.05, 3.63) is 71.5 Å². The highest BCUT2D eigenvalue weighted by Gasteiger charge is 2.33. The molecule has 0 spiro atoms. The van der Waals surface area contributed by atoms with Gasteiger partial charge < -0.3 is 10.6 Å². The Morgan fingerprint density at radius 3 is 2.64 bits per heavy atom. The summed E-state index contributed by atoms with van der Waals surface area (Å²) in [6, 6.07) is 16.1. The maximum atomic E-state index is 13.8. The lowest BCUT2D eigenvalue weighted by Gasteiger charge is -2.29. The highest BCUT2D eigenvalue weighted by Crippen LogP contribution is 2.23. The molecule has 2 amide bonds. The highest BCUT2D eigenvalue weighted by atomic mass is 32.2. The van der Waals surface area contributed by atoms with E-state index in [-0.39, 0.29) is 28.9 Å². The molecule has 2 aromatic carbocycles. The van der Waals surface area contributed by atoms with Gasteiger partial charge >= 0.3 is 0 Å². The number of thioether (sulfide) groups is 1. The van der Waals surface area contributed by atoms with Crippen LogP contribution < -0.4 is 10.6 Å². The predicted molar refractivity (Wildman–Crippen MR) is 111 cm³/mol. The summed E-state index contributed by atoms with van der Waals surface area (Å²) in [6.45, 7) is 1.97. The summed E-state index contributed by atoms with van der Waals surface area (Å²) in [4.78, 5) is 24.9. The zero-order chi connectivity index (χ0) is 19.9. The third-order valence-corrected chi connectivity index (χ3v) is 6.16. The van der Waals surface area contributed by atoms with Crippen molar-refractivity contribution in [2.45, 2.75) is 43.5 Å². The van der Waals surface area contributed by atoms with E-state index in [9.17, 15) is 14.0 Å². The molecule has 4 nitrogen and oxygen atoms in total. The standard InChI is InChI=1S/C22H25FN2O2S/c1-15(11-12-16-7-3-2-4-8-16)24-21(26)19-14-28-20(22(27)25-19)13-17-9-5-6-10-18(17)23/h2-10,15,19-20H,11-14H2,1H3,(H,24,26)(H,25,27)/t15-,19-,20-/m1/s1. The van der Waals surface area contributed by atoms with E-state index in [1.807, 2.05) is 25.1 Å². The monoisotopic (exact) mass is 400 g/mol. The molecule has 1 aliphatic heterocycles. The SMILES string of the molecule is C[C@H](CCc1ccccc1)NC(=O)[C@H]1CS[C@H](Cc2ccccc2F)C(=O)N1. The zero-order valence-corrected chi connectivity index (χ0v) is 16.7. The van der Waals surface area contributed by atoms with Crippen LogP contribution in [0.2, 0.25) is 0 Å². The van der Waals surface area contributed by atoms with Gasteiger partial charge in [0.25, 0.3) is 0 Å². The van der Waals surface area contributed by atoms with Crippen molar-refractivity contribution < 1.29 is 14.0 Å². The van der Waals surface area contributed by atoms with Crippen LogP contribution in [-0.2, 0) is 22.4 Å². The quantitative estimate of drug-likeness (QED) is 0.751. The minimum Gasteiger partial charge on any atom is -0.352 e. The molecule has 28 heavy (non-hydrogen) atoms. The molecule has 0 aromatic heterocycles. The molecule has 1 saturated heterocycles. The molecule has 2 N–H and O–H groups in total. The molecule has 148 valence electrons. The van der Waals surface area contributed by atoms with E-state index in [2.05, 4.69) is 22.8 Å². The minimum atomic E-state index is -0.548. The number of carbonyl (C=O) groups excluding carboxylic acids is 2. The Balaban J connectivity index is 1.46. The number of nitrogens with one attached hydrogen (secondary N) is 2. The second kappa shape index (κ2) is 9.73. The maximum Gasteiger partial charge on any atom is 0.243 e. The van der Waals surface area contributed by atoms with Crippen LogP contribution in [0.3, 0.4) is 0 Å². The number of benzene rings is 2. The number of hydrogen-bond donors (Lipinski definition) is 2. The number of hydrogen-bond acceptors (Lipinski definition) is 3. The first-order chi connectivity index (χ1) is 13.5. The second-order valence-electron chi connectivity index (χ2n) is 7.11. The van der Waals surface area contributed by atoms with Crippen molar-refractivity contribution in [3.63, 3.8) is 0 Å². The number of halogens is 1. The molecule has 0 saturated carbocycles. The second-order valence-corrected chi connectivity index (χ2v) is 8.35. The van der Waals surface area contributed by atoms with E-state index < -0.39 is 6.04 Å². The van der Waals surface area contributed by atoms with Crippen LogP contribution in [0.25, 0.3) is 0 Å². The van der Waals surface area contributed by atoms with Crippen LogP contribution >= 0.6 is 11.8 Å². The highest BCUT2D eigenvalue weighted by molar-refractivity contribution is 8.00. The third-order valence-electron chi connectivity index (χ3n) is 4.85. The van der Waals surface area contributed by atoms with Crippen molar-refractivity contribution in [2.24, 2.45) is 0 Å². The van der Waals surface area contributed by atoms with Gasteiger partial charge in [0.05, 0.1) is 5.25 Å². The molecule has 0 radical (unpaired) electrons. The van der Waals surface area contributed by atoms with Crippen molar-refractivity contribution in [2.75, 3.05) is 5.75 Å². The Kier molecular flexibility index (Phi) is 7.09.